The maximum atomic E-state index is 13.9. The topological polar surface area (TPSA) is 40.5 Å². The average molecular weight is 521 g/mol. The number of halogens is 2. The van der Waals surface area contributed by atoms with Gasteiger partial charge in [0, 0.05) is 10.0 Å². The lowest BCUT2D eigenvalue weighted by molar-refractivity contribution is 0.340. The van der Waals surface area contributed by atoms with Crippen LogP contribution in [-0.2, 0) is 11.6 Å². The molecule has 0 saturated heterocycles. The molecule has 3 aromatic carbocycles. The van der Waals surface area contributed by atoms with Crippen molar-refractivity contribution in [2.75, 3.05) is 0 Å². The van der Waals surface area contributed by atoms with E-state index in [2.05, 4.69) is 90.5 Å². The van der Waals surface area contributed by atoms with Crippen molar-refractivity contribution in [2.24, 2.45) is 0 Å². The molecule has 0 spiro atoms. The summed E-state index contributed by atoms with van der Waals surface area (Å²) < 4.78 is 14.5. The minimum Gasteiger partial charge on any atom is -0.347 e. The number of benzene rings is 3. The van der Waals surface area contributed by atoms with Crippen LogP contribution in [0.2, 0.25) is 0 Å². The van der Waals surface area contributed by atoms with Gasteiger partial charge >= 0.3 is 0 Å². The van der Waals surface area contributed by atoms with E-state index in [0.29, 0.717) is 4.47 Å². The Balaban J connectivity index is 0.000000221. The van der Waals surface area contributed by atoms with Crippen molar-refractivity contribution in [3.63, 3.8) is 0 Å². The maximum Gasteiger partial charge on any atom is 0.217 e. The van der Waals surface area contributed by atoms with Gasteiger partial charge in [-0.05, 0) is 54.2 Å². The monoisotopic (exact) mass is 520 g/mol. The van der Waals surface area contributed by atoms with Crippen molar-refractivity contribution < 1.29 is 14.2 Å². The van der Waals surface area contributed by atoms with E-state index in [4.69, 9.17) is 9.79 Å². The third kappa shape index (κ3) is 6.78. The molecule has 0 saturated carbocycles. The second kappa shape index (κ2) is 12.0. The normalized spacial score (nSPS) is 13.4. The highest BCUT2D eigenvalue weighted by Gasteiger charge is 2.36. The Labute approximate surface area is 196 Å². The fourth-order valence-electron chi connectivity index (χ4n) is 3.14. The maximum absolute atomic E-state index is 13.9. The molecule has 2 nitrogen and oxygen atoms in total. The van der Waals surface area contributed by atoms with Crippen LogP contribution in [0.4, 0.5) is 4.39 Å². The van der Waals surface area contributed by atoms with Crippen LogP contribution >= 0.6 is 33.5 Å². The molecule has 0 aliphatic rings. The highest BCUT2D eigenvalue weighted by atomic mass is 79.9. The van der Waals surface area contributed by atoms with Gasteiger partial charge in [-0.15, -0.1) is 0 Å². The van der Waals surface area contributed by atoms with Gasteiger partial charge in [0.25, 0.3) is 0 Å². The Hall–Kier alpha value is -1.41. The number of alkyl halides is 1. The van der Waals surface area contributed by atoms with Crippen LogP contribution in [0.25, 0.3) is 5.57 Å². The van der Waals surface area contributed by atoms with Crippen LogP contribution in [0.1, 0.15) is 41.7 Å². The summed E-state index contributed by atoms with van der Waals surface area (Å²) in [5.41, 5.74) is 6.51. The summed E-state index contributed by atoms with van der Waals surface area (Å²) in [6.07, 6.45) is 3.03. The van der Waals surface area contributed by atoms with E-state index in [1.54, 1.807) is 18.2 Å². The van der Waals surface area contributed by atoms with Gasteiger partial charge < -0.3 is 9.79 Å². The molecule has 0 aliphatic heterocycles. The van der Waals surface area contributed by atoms with Gasteiger partial charge in [-0.3, -0.25) is 0 Å². The molecule has 0 fully saturated rings. The molecular weight excluding hydrogens is 493 g/mol. The summed E-state index contributed by atoms with van der Waals surface area (Å²) in [7, 11) is -0.840. The lowest BCUT2D eigenvalue weighted by atomic mass is 9.94. The minimum atomic E-state index is -2.68. The van der Waals surface area contributed by atoms with Gasteiger partial charge in [0.05, 0.1) is 0 Å². The van der Waals surface area contributed by atoms with Crippen LogP contribution in [0.5, 0.6) is 0 Å². The van der Waals surface area contributed by atoms with Crippen molar-refractivity contribution in [3.8, 4) is 0 Å². The Morgan fingerprint density at radius 2 is 1.68 bits per heavy atom. The Kier molecular flexibility index (Phi) is 10.0. The van der Waals surface area contributed by atoms with Gasteiger partial charge in [-0.25, -0.2) is 4.39 Å². The molecule has 0 radical (unpaired) electrons. The molecule has 2 N–H and O–H groups in total. The average Bonchev–Trinajstić information content (AvgIpc) is 2.76. The molecule has 0 bridgehead atoms. The zero-order valence-corrected chi connectivity index (χ0v) is 21.5. The smallest absolute Gasteiger partial charge is 0.217 e. The van der Waals surface area contributed by atoms with Crippen LogP contribution in [0, 0.1) is 6.92 Å². The minimum absolute atomic E-state index is 0.237. The van der Waals surface area contributed by atoms with Gasteiger partial charge in [0.1, 0.15) is 0 Å². The number of rotatable bonds is 5. The quantitative estimate of drug-likeness (QED) is 0.338. The lowest BCUT2D eigenvalue weighted by Crippen LogP contribution is -2.09. The zero-order chi connectivity index (χ0) is 23.0. The Morgan fingerprint density at radius 3 is 2.19 bits per heavy atom. The fraction of sp³-hybridized carbons (Fsp3) is 0.200. The summed E-state index contributed by atoms with van der Waals surface area (Å²) in [5.74, 6) is 0. The highest BCUT2D eigenvalue weighted by molar-refractivity contribution is 9.10. The molecule has 6 heteroatoms. The first kappa shape index (κ1) is 25.8. The van der Waals surface area contributed by atoms with Crippen LogP contribution in [-0.4, -0.2) is 9.79 Å². The molecule has 0 aliphatic carbocycles. The zero-order valence-electron chi connectivity index (χ0n) is 17.9. The molecule has 3 rings (SSSR count). The first-order valence-electron chi connectivity index (χ1n) is 9.94. The van der Waals surface area contributed by atoms with E-state index >= 15 is 0 Å². The van der Waals surface area contributed by atoms with E-state index in [0.717, 1.165) is 12.0 Å². The Morgan fingerprint density at radius 1 is 1.06 bits per heavy atom. The molecule has 2 atom stereocenters. The van der Waals surface area contributed by atoms with Gasteiger partial charge in [-0.1, -0.05) is 105 Å². The molecule has 2 unspecified atom stereocenters. The molecule has 0 heterocycles. The van der Waals surface area contributed by atoms with E-state index in [-0.39, 0.29) is 5.56 Å². The van der Waals surface area contributed by atoms with Crippen molar-refractivity contribution >= 4 is 39.1 Å². The summed E-state index contributed by atoms with van der Waals surface area (Å²) in [5, 5.41) is -2.18. The SMILES string of the molecule is C/C=C(/c1ccccc1)c1ccccc1C.CCc1ccc(C(F)(P)P(O)O)c(Br)c1. The predicted octanol–water partition coefficient (Wildman–Crippen LogP) is 7.71. The summed E-state index contributed by atoms with van der Waals surface area (Å²) in [6, 6.07) is 24.2. The molecule has 0 amide bonds. The summed E-state index contributed by atoms with van der Waals surface area (Å²) >= 11 is 3.23. The van der Waals surface area contributed by atoms with Gasteiger partial charge in [0.2, 0.25) is 13.5 Å². The molecule has 164 valence electrons. The molecule has 3 aromatic rings. The van der Waals surface area contributed by atoms with Crippen molar-refractivity contribution in [2.45, 2.75) is 32.3 Å². The first-order valence-corrected chi connectivity index (χ1v) is 12.6. The summed E-state index contributed by atoms with van der Waals surface area (Å²) in [6.45, 7) is 6.24. The van der Waals surface area contributed by atoms with Gasteiger partial charge in [-0.2, -0.15) is 0 Å². The second-order valence-corrected chi connectivity index (χ2v) is 10.4. The van der Waals surface area contributed by atoms with Crippen LogP contribution in [0.15, 0.2) is 83.3 Å². The van der Waals surface area contributed by atoms with E-state index < -0.39 is 13.5 Å². The van der Waals surface area contributed by atoms with E-state index in [9.17, 15) is 4.39 Å². The van der Waals surface area contributed by atoms with Gasteiger partial charge in [0.15, 0.2) is 0 Å². The molecule has 31 heavy (non-hydrogen) atoms. The number of aryl methyl sites for hydroxylation is 2. The van der Waals surface area contributed by atoms with Crippen LogP contribution < -0.4 is 0 Å². The highest BCUT2D eigenvalue weighted by Crippen LogP contribution is 2.57. The van der Waals surface area contributed by atoms with Crippen molar-refractivity contribution in [3.05, 3.63) is 111 Å². The number of hydrogen-bond acceptors (Lipinski definition) is 2. The van der Waals surface area contributed by atoms with E-state index in [1.165, 1.54) is 22.3 Å². The third-order valence-corrected chi connectivity index (χ3v) is 7.40. The molecular formula is C25H28BrFO2P2. The predicted molar refractivity (Wildman–Crippen MR) is 138 cm³/mol. The lowest BCUT2D eigenvalue weighted by Gasteiger charge is -2.23. The van der Waals surface area contributed by atoms with Crippen molar-refractivity contribution in [1.82, 2.24) is 0 Å². The largest absolute Gasteiger partial charge is 0.347 e. The number of allylic oxidation sites excluding steroid dienone is 1. The third-order valence-electron chi connectivity index (χ3n) is 4.92. The van der Waals surface area contributed by atoms with E-state index in [1.807, 2.05) is 16.2 Å². The number of hydrogen-bond donors (Lipinski definition) is 2. The molecule has 0 aromatic heterocycles. The van der Waals surface area contributed by atoms with Crippen molar-refractivity contribution in [1.29, 1.82) is 0 Å². The Bertz CT molecular complexity index is 1020. The summed E-state index contributed by atoms with van der Waals surface area (Å²) in [4.78, 5) is 18.0. The standard InChI is InChI=1S/C16H16.C9H12BrFO2P2/c1-3-15(14-10-5-4-6-11-14)16-12-8-7-9-13(16)2;1-2-6-3-4-7(8(10)5-6)9(11,14)15(12)13/h3-12H,1-2H3;3-5,12-13H,2,14H2,1H3/b15-3-;. The fourth-order valence-corrected chi connectivity index (χ4v) is 4.88. The first-order chi connectivity index (χ1) is 14.7. The second-order valence-electron chi connectivity index (χ2n) is 7.01. The van der Waals surface area contributed by atoms with Crippen LogP contribution in [0.3, 0.4) is 0 Å².